The highest BCUT2D eigenvalue weighted by atomic mass is 32.1. The summed E-state index contributed by atoms with van der Waals surface area (Å²) in [4.78, 5) is 24.0. The first-order chi connectivity index (χ1) is 9.51. The third-order valence-electron chi connectivity index (χ3n) is 2.58. The number of nitrogens with zero attached hydrogens (tertiary/aromatic N) is 3. The molecule has 1 aromatic rings. The van der Waals surface area contributed by atoms with Gasteiger partial charge in [0.05, 0.1) is 28.9 Å². The van der Waals surface area contributed by atoms with Crippen LogP contribution < -0.4 is 4.90 Å². The second kappa shape index (κ2) is 7.57. The van der Waals surface area contributed by atoms with Crippen LogP contribution in [-0.2, 0) is 4.74 Å². The van der Waals surface area contributed by atoms with E-state index in [4.69, 9.17) is 10.00 Å². The predicted molar refractivity (Wildman–Crippen MR) is 75.3 cm³/mol. The molecule has 0 aliphatic heterocycles. The molecule has 0 amide bonds. The number of anilines is 1. The van der Waals surface area contributed by atoms with Gasteiger partial charge in [-0.1, -0.05) is 0 Å². The Labute approximate surface area is 120 Å². The number of nitriles is 1. The van der Waals surface area contributed by atoms with E-state index in [9.17, 15) is 14.9 Å². The minimum atomic E-state index is -0.509. The average Bonchev–Trinajstić information content (AvgIpc) is 2.84. The predicted octanol–water partition coefficient (Wildman–Crippen LogP) is 2.23. The van der Waals surface area contributed by atoms with Crippen LogP contribution in [0.4, 0.5) is 10.7 Å². The Bertz CT molecular complexity index is 535. The number of Topliss-reactive ketones (excluding diaryl/α,β-unsaturated/α-hetero) is 1. The van der Waals surface area contributed by atoms with E-state index in [2.05, 4.69) is 0 Å². The summed E-state index contributed by atoms with van der Waals surface area (Å²) in [5.41, 5.74) is -0.103. The van der Waals surface area contributed by atoms with Crippen LogP contribution in [0.3, 0.4) is 0 Å². The van der Waals surface area contributed by atoms with Crippen molar-refractivity contribution in [2.75, 3.05) is 31.7 Å². The molecule has 0 fully saturated rings. The molecule has 1 rings (SSSR count). The maximum Gasteiger partial charge on any atom is 0.304 e. The molecule has 8 heteroatoms. The zero-order chi connectivity index (χ0) is 15.1. The number of carbonyl (C=O) groups is 1. The fourth-order valence-electron chi connectivity index (χ4n) is 1.60. The molecule has 20 heavy (non-hydrogen) atoms. The molecule has 1 heterocycles. The van der Waals surface area contributed by atoms with Crippen molar-refractivity contribution in [3.05, 3.63) is 21.1 Å². The normalized spacial score (nSPS) is 10.1. The first kappa shape index (κ1) is 16.1. The van der Waals surface area contributed by atoms with Crippen molar-refractivity contribution >= 4 is 27.8 Å². The fourth-order valence-corrected chi connectivity index (χ4v) is 2.68. The van der Waals surface area contributed by atoms with E-state index in [1.165, 1.54) is 20.1 Å². The number of nitro groups is 1. The Balaban J connectivity index is 3.12. The van der Waals surface area contributed by atoms with Crippen molar-refractivity contribution in [2.24, 2.45) is 0 Å². The molecule has 0 unspecified atom stereocenters. The van der Waals surface area contributed by atoms with Gasteiger partial charge in [0.15, 0.2) is 10.8 Å². The number of ketones is 1. The summed E-state index contributed by atoms with van der Waals surface area (Å²) in [7, 11) is 1.53. The second-order valence-electron chi connectivity index (χ2n) is 4.00. The highest BCUT2D eigenvalue weighted by molar-refractivity contribution is 7.18. The van der Waals surface area contributed by atoms with Crippen LogP contribution >= 0.6 is 11.3 Å². The van der Waals surface area contributed by atoms with Crippen molar-refractivity contribution in [3.8, 4) is 6.07 Å². The summed E-state index contributed by atoms with van der Waals surface area (Å²) in [6, 6.07) is 3.29. The first-order valence-corrected chi connectivity index (χ1v) is 6.73. The zero-order valence-corrected chi connectivity index (χ0v) is 12.1. The zero-order valence-electron chi connectivity index (χ0n) is 11.3. The molecule has 1 aromatic heterocycles. The highest BCUT2D eigenvalue weighted by Gasteiger charge is 2.25. The lowest BCUT2D eigenvalue weighted by Gasteiger charge is -2.20. The molecule has 0 spiro atoms. The van der Waals surface area contributed by atoms with Gasteiger partial charge in [0, 0.05) is 26.3 Å². The van der Waals surface area contributed by atoms with Crippen LogP contribution in [0.25, 0.3) is 0 Å². The van der Waals surface area contributed by atoms with Gasteiger partial charge in [-0.05, 0) is 6.92 Å². The quantitative estimate of drug-likeness (QED) is 0.414. The van der Waals surface area contributed by atoms with Crippen molar-refractivity contribution in [1.82, 2.24) is 0 Å². The van der Waals surface area contributed by atoms with Crippen LogP contribution in [0.5, 0.6) is 0 Å². The van der Waals surface area contributed by atoms with Gasteiger partial charge in [-0.3, -0.25) is 14.9 Å². The van der Waals surface area contributed by atoms with E-state index in [-0.39, 0.29) is 17.9 Å². The van der Waals surface area contributed by atoms with Gasteiger partial charge in [0.1, 0.15) is 0 Å². The van der Waals surface area contributed by atoms with Gasteiger partial charge >= 0.3 is 5.69 Å². The molecule has 0 radical (unpaired) electrons. The topological polar surface area (TPSA) is 96.5 Å². The molecule has 0 aliphatic rings. The standard InChI is InChI=1S/C12H15N3O4S/c1-9(16)11-8-10(15(17)18)12(20-11)14(5-3-4-13)6-7-19-2/h8H,3,5-7H2,1-2H3. The lowest BCUT2D eigenvalue weighted by molar-refractivity contribution is -0.383. The summed E-state index contributed by atoms with van der Waals surface area (Å²) >= 11 is 1.07. The number of rotatable bonds is 8. The van der Waals surface area contributed by atoms with E-state index in [1.807, 2.05) is 6.07 Å². The summed E-state index contributed by atoms with van der Waals surface area (Å²) in [6.45, 7) is 2.54. The Morgan fingerprint density at radius 1 is 1.60 bits per heavy atom. The highest BCUT2D eigenvalue weighted by Crippen LogP contribution is 2.37. The number of carbonyl (C=O) groups excluding carboxylic acids is 1. The van der Waals surface area contributed by atoms with E-state index in [1.54, 1.807) is 4.90 Å². The van der Waals surface area contributed by atoms with Crippen LogP contribution in [0, 0.1) is 21.4 Å². The monoisotopic (exact) mass is 297 g/mol. The summed E-state index contributed by atoms with van der Waals surface area (Å²) < 4.78 is 4.97. The lowest BCUT2D eigenvalue weighted by atomic mass is 10.3. The summed E-state index contributed by atoms with van der Waals surface area (Å²) in [5, 5.41) is 20.2. The van der Waals surface area contributed by atoms with Crippen molar-refractivity contribution < 1.29 is 14.5 Å². The molecule has 0 bridgehead atoms. The third-order valence-corrected chi connectivity index (χ3v) is 3.87. The largest absolute Gasteiger partial charge is 0.383 e. The number of thiophene rings is 1. The Hall–Kier alpha value is -1.98. The van der Waals surface area contributed by atoms with Gasteiger partial charge in [-0.15, -0.1) is 11.3 Å². The van der Waals surface area contributed by atoms with Crippen LogP contribution in [0.2, 0.25) is 0 Å². The Kier molecular flexibility index (Phi) is 6.09. The first-order valence-electron chi connectivity index (χ1n) is 5.91. The van der Waals surface area contributed by atoms with Crippen LogP contribution in [0.1, 0.15) is 23.0 Å². The minimum absolute atomic E-state index is 0.103. The average molecular weight is 297 g/mol. The molecule has 0 aliphatic carbocycles. The lowest BCUT2D eigenvalue weighted by Crippen LogP contribution is -2.27. The molecule has 7 nitrogen and oxygen atoms in total. The van der Waals surface area contributed by atoms with Crippen LogP contribution in [0.15, 0.2) is 6.07 Å². The van der Waals surface area contributed by atoms with Gasteiger partial charge in [0.25, 0.3) is 0 Å². The molecule has 0 saturated heterocycles. The molecule has 0 atom stereocenters. The molecule has 108 valence electrons. The molecular formula is C12H15N3O4S. The molecule has 0 aromatic carbocycles. The van der Waals surface area contributed by atoms with E-state index in [0.29, 0.717) is 29.6 Å². The molecule has 0 saturated carbocycles. The van der Waals surface area contributed by atoms with Crippen molar-refractivity contribution in [1.29, 1.82) is 5.26 Å². The number of methoxy groups -OCH3 is 1. The van der Waals surface area contributed by atoms with Gasteiger partial charge in [-0.2, -0.15) is 5.26 Å². The van der Waals surface area contributed by atoms with Gasteiger partial charge in [-0.25, -0.2) is 0 Å². The van der Waals surface area contributed by atoms with Crippen molar-refractivity contribution in [3.63, 3.8) is 0 Å². The Morgan fingerprint density at radius 2 is 2.30 bits per heavy atom. The maximum absolute atomic E-state index is 11.4. The molecule has 0 N–H and O–H groups in total. The van der Waals surface area contributed by atoms with E-state index in [0.717, 1.165) is 11.3 Å². The minimum Gasteiger partial charge on any atom is -0.383 e. The fraction of sp³-hybridized carbons (Fsp3) is 0.500. The summed E-state index contributed by atoms with van der Waals surface area (Å²) in [5.74, 6) is -0.212. The van der Waals surface area contributed by atoms with Crippen LogP contribution in [-0.4, -0.2) is 37.5 Å². The summed E-state index contributed by atoms with van der Waals surface area (Å²) in [6.07, 6.45) is 0.244. The number of hydrogen-bond donors (Lipinski definition) is 0. The number of ether oxygens (including phenoxy) is 1. The van der Waals surface area contributed by atoms with Gasteiger partial charge < -0.3 is 9.64 Å². The number of hydrogen-bond acceptors (Lipinski definition) is 7. The SMILES string of the molecule is COCCN(CCC#N)c1sc(C(C)=O)cc1[N+](=O)[O-]. The van der Waals surface area contributed by atoms with Crippen molar-refractivity contribution in [2.45, 2.75) is 13.3 Å². The maximum atomic E-state index is 11.4. The molecular weight excluding hydrogens is 282 g/mol. The van der Waals surface area contributed by atoms with Gasteiger partial charge in [0.2, 0.25) is 0 Å². The van der Waals surface area contributed by atoms with E-state index >= 15 is 0 Å². The third kappa shape index (κ3) is 4.01. The second-order valence-corrected chi connectivity index (χ2v) is 5.03. The Morgan fingerprint density at radius 3 is 2.80 bits per heavy atom. The van der Waals surface area contributed by atoms with E-state index < -0.39 is 4.92 Å². The smallest absolute Gasteiger partial charge is 0.304 e.